The summed E-state index contributed by atoms with van der Waals surface area (Å²) in [5.74, 6) is 0. The molecule has 2 atom stereocenters. The number of aliphatic hydroxyl groups is 1. The van der Waals surface area contributed by atoms with Gasteiger partial charge in [0.05, 0.1) is 16.9 Å². The van der Waals surface area contributed by atoms with E-state index in [2.05, 4.69) is 122 Å². The van der Waals surface area contributed by atoms with Crippen LogP contribution >= 0.6 is 0 Å². The van der Waals surface area contributed by atoms with E-state index in [-0.39, 0.29) is 17.7 Å². The highest BCUT2D eigenvalue weighted by Gasteiger charge is 2.61. The van der Waals surface area contributed by atoms with Crippen molar-refractivity contribution in [3.8, 4) is 0 Å². The van der Waals surface area contributed by atoms with Crippen molar-refractivity contribution in [1.29, 1.82) is 0 Å². The van der Waals surface area contributed by atoms with E-state index < -0.39 is 0 Å². The Kier molecular flexibility index (Phi) is 4.61. The predicted octanol–water partition coefficient (Wildman–Crippen LogP) is 7.28. The van der Waals surface area contributed by atoms with Gasteiger partial charge in [0.1, 0.15) is 0 Å². The molecule has 0 amide bonds. The average Bonchev–Trinajstić information content (AvgIpc) is 3.17. The predicted molar refractivity (Wildman–Crippen MR) is 164 cm³/mol. The second-order valence-corrected chi connectivity index (χ2v) is 12.3. The van der Waals surface area contributed by atoms with Gasteiger partial charge in [-0.2, -0.15) is 0 Å². The van der Waals surface area contributed by atoms with Crippen LogP contribution in [0.4, 0.5) is 22.7 Å². The van der Waals surface area contributed by atoms with Gasteiger partial charge in [-0.15, -0.1) is 0 Å². The Balaban J connectivity index is 1.49. The number of rotatable bonds is 2. The van der Waals surface area contributed by atoms with E-state index in [1.54, 1.807) is 0 Å². The van der Waals surface area contributed by atoms with Crippen LogP contribution in [-0.4, -0.2) is 17.4 Å². The molecule has 0 aromatic heterocycles. The van der Waals surface area contributed by atoms with Crippen LogP contribution in [0.3, 0.4) is 0 Å². The highest BCUT2D eigenvalue weighted by molar-refractivity contribution is 6.95. The van der Waals surface area contributed by atoms with Crippen molar-refractivity contribution in [2.75, 3.05) is 9.80 Å². The first-order valence-electron chi connectivity index (χ1n) is 14.4. The molecule has 4 aliphatic rings. The number of benzene rings is 4. The van der Waals surface area contributed by atoms with E-state index in [4.69, 9.17) is 0 Å². The summed E-state index contributed by atoms with van der Waals surface area (Å²) in [5.41, 5.74) is 12.3. The van der Waals surface area contributed by atoms with Gasteiger partial charge in [-0.3, -0.25) is 0 Å². The lowest BCUT2D eigenvalue weighted by Gasteiger charge is -2.52. The van der Waals surface area contributed by atoms with Crippen LogP contribution in [0.2, 0.25) is 0 Å². The Morgan fingerprint density at radius 3 is 2.31 bits per heavy atom. The molecular weight excluding hydrogens is 475 g/mol. The zero-order valence-corrected chi connectivity index (χ0v) is 22.9. The number of aliphatic hydroxyl groups excluding tert-OH is 1. The van der Waals surface area contributed by atoms with Crippen molar-refractivity contribution < 1.29 is 5.11 Å². The molecule has 192 valence electrons. The van der Waals surface area contributed by atoms with Gasteiger partial charge < -0.3 is 14.9 Å². The van der Waals surface area contributed by atoms with E-state index in [0.29, 0.717) is 5.66 Å². The first kappa shape index (κ1) is 23.0. The molecule has 0 radical (unpaired) electrons. The summed E-state index contributed by atoms with van der Waals surface area (Å²) in [6, 6.07) is 32.6. The third-order valence-electron chi connectivity index (χ3n) is 10.5. The summed E-state index contributed by atoms with van der Waals surface area (Å²) >= 11 is 0. The number of nitrogens with zero attached hydrogens (tertiary/aromatic N) is 2. The minimum absolute atomic E-state index is 0.00299. The normalized spacial score (nSPS) is 24.4. The number of hydrogen-bond donors (Lipinski definition) is 1. The minimum Gasteiger partial charge on any atom is -0.519 e. The molecule has 1 aliphatic carbocycles. The Bertz CT molecular complexity index is 1690. The van der Waals surface area contributed by atoms with E-state index in [0.717, 1.165) is 28.2 Å². The lowest BCUT2D eigenvalue weighted by atomic mass is 9.35. The fraction of sp³-hybridized carbons (Fsp3) is 0.257. The highest BCUT2D eigenvalue weighted by Crippen LogP contribution is 2.61. The lowest BCUT2D eigenvalue weighted by molar-refractivity contribution is 0.195. The van der Waals surface area contributed by atoms with Gasteiger partial charge in [-0.05, 0) is 73.0 Å². The third kappa shape index (κ3) is 2.74. The maximum Gasteiger partial charge on any atom is 0.296 e. The average molecular weight is 508 g/mol. The first-order chi connectivity index (χ1) is 19.0. The molecular formula is C35H33BN2O. The molecule has 0 spiro atoms. The Labute approximate surface area is 231 Å². The van der Waals surface area contributed by atoms with Crippen molar-refractivity contribution in [1.82, 2.24) is 0 Å². The van der Waals surface area contributed by atoms with Gasteiger partial charge in [0.2, 0.25) is 0 Å². The zero-order chi connectivity index (χ0) is 26.5. The molecule has 3 heterocycles. The van der Waals surface area contributed by atoms with Crippen LogP contribution in [-0.2, 0) is 5.41 Å². The standard InChI is InChI=1S/C35H33BN2O/c1-23-13-7-8-16-25(23)31-33(39)36-27-18-11-17-26-32(27)38(35(3)22-10-9-21-34(26,35)2)29-20-12-19-28(30(29)36)37(31)24-14-5-4-6-15-24/h4-8,11-20,39H,9-10,21-22H2,1-3H3/t34-,35?/m0/s1. The molecule has 4 aromatic rings. The van der Waals surface area contributed by atoms with Gasteiger partial charge in [0, 0.05) is 33.7 Å². The van der Waals surface area contributed by atoms with Gasteiger partial charge in [0.25, 0.3) is 6.71 Å². The van der Waals surface area contributed by atoms with E-state index in [1.807, 2.05) is 0 Å². The molecule has 3 nitrogen and oxygen atoms in total. The summed E-state index contributed by atoms with van der Waals surface area (Å²) in [5, 5.41) is 12.5. The maximum absolute atomic E-state index is 12.5. The van der Waals surface area contributed by atoms with Crippen LogP contribution < -0.4 is 20.7 Å². The van der Waals surface area contributed by atoms with Gasteiger partial charge in [0.15, 0.2) is 0 Å². The van der Waals surface area contributed by atoms with Crippen LogP contribution in [0.1, 0.15) is 56.2 Å². The Hall–Kier alpha value is -3.92. The van der Waals surface area contributed by atoms with E-state index in [9.17, 15) is 5.11 Å². The van der Waals surface area contributed by atoms with Crippen LogP contribution in [0.15, 0.2) is 96.7 Å². The molecule has 1 fully saturated rings. The highest BCUT2D eigenvalue weighted by atomic mass is 16.3. The van der Waals surface area contributed by atoms with E-state index in [1.165, 1.54) is 53.5 Å². The maximum atomic E-state index is 12.5. The molecule has 3 aliphatic heterocycles. The van der Waals surface area contributed by atoms with Gasteiger partial charge in [-0.25, -0.2) is 0 Å². The van der Waals surface area contributed by atoms with Crippen LogP contribution in [0.5, 0.6) is 0 Å². The SMILES string of the molecule is Cc1ccccc1C1=C(O)B2c3cccc4c3N(c3cccc(c32)N1c1ccccc1)C1(C)CCCC[C@@]41C. The monoisotopic (exact) mass is 508 g/mol. The molecule has 0 saturated heterocycles. The second-order valence-electron chi connectivity index (χ2n) is 12.3. The Morgan fingerprint density at radius 2 is 1.49 bits per heavy atom. The quantitative estimate of drug-likeness (QED) is 0.289. The summed E-state index contributed by atoms with van der Waals surface area (Å²) in [6.45, 7) is 6.91. The van der Waals surface area contributed by atoms with Crippen LogP contribution in [0, 0.1) is 6.92 Å². The molecule has 39 heavy (non-hydrogen) atoms. The lowest BCUT2D eigenvalue weighted by Crippen LogP contribution is -2.61. The number of hydrogen-bond acceptors (Lipinski definition) is 3. The molecule has 1 saturated carbocycles. The number of fused-ring (bicyclic) bond motifs is 5. The van der Waals surface area contributed by atoms with Crippen molar-refractivity contribution in [3.63, 3.8) is 0 Å². The van der Waals surface area contributed by atoms with Crippen molar-refractivity contribution >= 4 is 46.1 Å². The van der Waals surface area contributed by atoms with Crippen LogP contribution in [0.25, 0.3) is 5.70 Å². The zero-order valence-electron chi connectivity index (χ0n) is 22.9. The second kappa shape index (κ2) is 7.82. The topological polar surface area (TPSA) is 26.7 Å². The number of anilines is 4. The van der Waals surface area contributed by atoms with Crippen molar-refractivity contribution in [3.05, 3.63) is 113 Å². The molecule has 8 rings (SSSR count). The number of para-hydroxylation sites is 2. The smallest absolute Gasteiger partial charge is 0.296 e. The molecule has 1 unspecified atom stereocenters. The minimum atomic E-state index is -0.204. The molecule has 1 N–H and O–H groups in total. The van der Waals surface area contributed by atoms with Gasteiger partial charge in [-0.1, -0.05) is 86.5 Å². The van der Waals surface area contributed by atoms with Crippen molar-refractivity contribution in [2.45, 2.75) is 57.4 Å². The molecule has 4 aromatic carbocycles. The fourth-order valence-electron chi connectivity index (χ4n) is 8.38. The Morgan fingerprint density at radius 1 is 0.769 bits per heavy atom. The largest absolute Gasteiger partial charge is 0.519 e. The summed E-state index contributed by atoms with van der Waals surface area (Å²) < 4.78 is 0. The summed E-state index contributed by atoms with van der Waals surface area (Å²) in [4.78, 5) is 4.97. The summed E-state index contributed by atoms with van der Waals surface area (Å²) in [7, 11) is 0. The first-order valence-corrected chi connectivity index (χ1v) is 14.4. The van der Waals surface area contributed by atoms with E-state index >= 15 is 0 Å². The third-order valence-corrected chi connectivity index (χ3v) is 10.5. The fourth-order valence-corrected chi connectivity index (χ4v) is 8.38. The van der Waals surface area contributed by atoms with Crippen molar-refractivity contribution in [2.24, 2.45) is 0 Å². The summed E-state index contributed by atoms with van der Waals surface area (Å²) in [6.07, 6.45) is 4.89. The molecule has 4 heteroatoms. The number of aryl methyl sites for hydroxylation is 1. The van der Waals surface area contributed by atoms with Gasteiger partial charge >= 0.3 is 0 Å². The molecule has 0 bridgehead atoms.